The number of nitrogens with one attached hydrogen (secondary N) is 1. The Morgan fingerprint density at radius 1 is 1.65 bits per heavy atom. The molecule has 17 heavy (non-hydrogen) atoms. The van der Waals surface area contributed by atoms with Crippen molar-refractivity contribution in [3.8, 4) is 0 Å². The molecule has 94 valence electrons. The molecule has 0 bridgehead atoms. The Kier molecular flexibility index (Phi) is 4.03. The molecule has 4 N–H and O–H groups in total. The van der Waals surface area contributed by atoms with Crippen molar-refractivity contribution in [2.75, 3.05) is 19.0 Å². The Morgan fingerprint density at radius 2 is 2.29 bits per heavy atom. The number of rotatable bonds is 4. The first kappa shape index (κ1) is 13.4. The number of carbonyl (C=O) groups excluding carboxylic acids is 1. The van der Waals surface area contributed by atoms with Crippen LogP contribution in [0.1, 0.15) is 24.2 Å². The molecule has 6 nitrogen and oxygen atoms in total. The van der Waals surface area contributed by atoms with Crippen LogP contribution in [0, 0.1) is 0 Å². The lowest BCUT2D eigenvalue weighted by atomic mass is 10.1. The second-order valence-corrected chi connectivity index (χ2v) is 4.54. The molecule has 1 amide bonds. The molecule has 0 spiro atoms. The Bertz CT molecular complexity index is 401. The van der Waals surface area contributed by atoms with Crippen LogP contribution in [0.3, 0.4) is 0 Å². The van der Waals surface area contributed by atoms with Crippen LogP contribution in [-0.4, -0.2) is 40.1 Å². The predicted octanol–water partition coefficient (Wildman–Crippen LogP) is 0.210. The molecule has 1 heterocycles. The summed E-state index contributed by atoms with van der Waals surface area (Å²) in [6.45, 7) is 3.51. The number of hydrogen-bond acceptors (Lipinski definition) is 5. The Hall–Kier alpha value is -1.66. The third-order valence-corrected chi connectivity index (χ3v) is 2.18. The van der Waals surface area contributed by atoms with Gasteiger partial charge in [-0.15, -0.1) is 0 Å². The first-order chi connectivity index (χ1) is 7.85. The molecule has 1 aromatic rings. The molecule has 0 aliphatic rings. The first-order valence-corrected chi connectivity index (χ1v) is 5.23. The second-order valence-electron chi connectivity index (χ2n) is 4.54. The van der Waals surface area contributed by atoms with Crippen LogP contribution in [0.4, 0.5) is 5.69 Å². The lowest BCUT2D eigenvalue weighted by molar-refractivity contribution is 0.0368. The monoisotopic (exact) mass is 238 g/mol. The summed E-state index contributed by atoms with van der Waals surface area (Å²) in [5.74, 6) is 5.08. The van der Waals surface area contributed by atoms with Gasteiger partial charge in [-0.05, 0) is 19.9 Å². The van der Waals surface area contributed by atoms with Gasteiger partial charge in [-0.1, -0.05) is 0 Å². The van der Waals surface area contributed by atoms with E-state index in [9.17, 15) is 9.90 Å². The third kappa shape index (κ3) is 3.69. The van der Waals surface area contributed by atoms with Gasteiger partial charge in [0.25, 0.3) is 5.91 Å². The summed E-state index contributed by atoms with van der Waals surface area (Å²) in [6.07, 6.45) is 2.99. The van der Waals surface area contributed by atoms with Crippen LogP contribution in [-0.2, 0) is 0 Å². The van der Waals surface area contributed by atoms with Gasteiger partial charge >= 0.3 is 0 Å². The molecule has 0 fully saturated rings. The van der Waals surface area contributed by atoms with Crippen molar-refractivity contribution in [1.82, 2.24) is 9.88 Å². The van der Waals surface area contributed by atoms with Crippen LogP contribution in [0.15, 0.2) is 18.5 Å². The number of aliphatic hydroxyl groups is 1. The summed E-state index contributed by atoms with van der Waals surface area (Å²) in [5, 5.41) is 9.66. The minimum Gasteiger partial charge on any atom is -0.389 e. The average Bonchev–Trinajstić information content (AvgIpc) is 2.25. The fourth-order valence-electron chi connectivity index (χ4n) is 1.55. The van der Waals surface area contributed by atoms with Crippen molar-refractivity contribution in [1.29, 1.82) is 0 Å². The Balaban J connectivity index is 2.89. The van der Waals surface area contributed by atoms with Crippen molar-refractivity contribution in [2.24, 2.45) is 5.84 Å². The summed E-state index contributed by atoms with van der Waals surface area (Å²) in [7, 11) is 1.62. The Labute approximate surface area is 100 Å². The van der Waals surface area contributed by atoms with Crippen molar-refractivity contribution in [3.05, 3.63) is 24.0 Å². The van der Waals surface area contributed by atoms with Gasteiger partial charge in [0.2, 0.25) is 0 Å². The van der Waals surface area contributed by atoms with E-state index in [2.05, 4.69) is 10.4 Å². The average molecular weight is 238 g/mol. The van der Waals surface area contributed by atoms with Gasteiger partial charge in [-0.25, -0.2) is 0 Å². The molecule has 0 aromatic carbocycles. The number of carbonyl (C=O) groups is 1. The minimum atomic E-state index is -0.942. The van der Waals surface area contributed by atoms with Crippen molar-refractivity contribution in [3.63, 3.8) is 0 Å². The second kappa shape index (κ2) is 5.11. The van der Waals surface area contributed by atoms with E-state index in [4.69, 9.17) is 5.84 Å². The number of pyridine rings is 1. The van der Waals surface area contributed by atoms with Crippen LogP contribution < -0.4 is 11.3 Å². The minimum absolute atomic E-state index is 0.227. The van der Waals surface area contributed by atoms with Gasteiger partial charge in [0.1, 0.15) is 0 Å². The van der Waals surface area contributed by atoms with E-state index in [1.807, 2.05) is 0 Å². The highest BCUT2D eigenvalue weighted by molar-refractivity contribution is 5.99. The van der Waals surface area contributed by atoms with Crippen molar-refractivity contribution in [2.45, 2.75) is 19.4 Å². The van der Waals surface area contributed by atoms with Gasteiger partial charge in [0.05, 0.1) is 16.9 Å². The molecular weight excluding hydrogens is 220 g/mol. The fourth-order valence-corrected chi connectivity index (χ4v) is 1.55. The van der Waals surface area contributed by atoms with E-state index in [0.717, 1.165) is 0 Å². The molecule has 0 radical (unpaired) electrons. The molecule has 1 aromatic heterocycles. The van der Waals surface area contributed by atoms with Gasteiger partial charge in [0, 0.05) is 26.0 Å². The van der Waals surface area contributed by atoms with Crippen LogP contribution in [0.25, 0.3) is 0 Å². The van der Waals surface area contributed by atoms with Crippen LogP contribution in [0.2, 0.25) is 0 Å². The molecule has 6 heteroatoms. The zero-order valence-electron chi connectivity index (χ0n) is 10.3. The number of hydrazine groups is 1. The molecule has 1 rings (SSSR count). The third-order valence-electron chi connectivity index (χ3n) is 2.18. The lowest BCUT2D eigenvalue weighted by Gasteiger charge is -2.26. The highest BCUT2D eigenvalue weighted by Crippen LogP contribution is 2.15. The maximum Gasteiger partial charge on any atom is 0.257 e. The Morgan fingerprint density at radius 3 is 2.82 bits per heavy atom. The van der Waals surface area contributed by atoms with Crippen LogP contribution in [0.5, 0.6) is 0 Å². The van der Waals surface area contributed by atoms with E-state index in [1.165, 1.54) is 11.1 Å². The van der Waals surface area contributed by atoms with E-state index in [-0.39, 0.29) is 12.5 Å². The normalized spacial score (nSPS) is 11.1. The largest absolute Gasteiger partial charge is 0.389 e. The zero-order valence-corrected chi connectivity index (χ0v) is 10.3. The topological polar surface area (TPSA) is 91.5 Å². The van der Waals surface area contributed by atoms with Crippen molar-refractivity contribution < 1.29 is 9.90 Å². The molecular formula is C11H18N4O2. The fraction of sp³-hybridized carbons (Fsp3) is 0.455. The number of likely N-dealkylation sites (N-methyl/N-ethyl adjacent to an activating group) is 1. The molecule has 0 aliphatic heterocycles. The van der Waals surface area contributed by atoms with Gasteiger partial charge in [-0.3, -0.25) is 15.6 Å². The number of amides is 1. The maximum atomic E-state index is 12.1. The van der Waals surface area contributed by atoms with Gasteiger partial charge in [-0.2, -0.15) is 0 Å². The summed E-state index contributed by atoms with van der Waals surface area (Å²) in [5.41, 5.74) is 2.39. The lowest BCUT2D eigenvalue weighted by Crippen LogP contribution is -2.40. The summed E-state index contributed by atoms with van der Waals surface area (Å²) < 4.78 is 0. The standard InChI is InChI=1S/C11H18N4O2/c1-11(2,17)7-15(3)10(16)8-6-13-5-4-9(8)14-12/h4-6,17H,7,12H2,1-3H3,(H,13,14). The van der Waals surface area contributed by atoms with Crippen molar-refractivity contribution >= 4 is 11.6 Å². The number of nitrogens with two attached hydrogens (primary N) is 1. The first-order valence-electron chi connectivity index (χ1n) is 5.23. The quantitative estimate of drug-likeness (QED) is 0.515. The highest BCUT2D eigenvalue weighted by Gasteiger charge is 2.22. The number of nitrogen functional groups attached to an aromatic ring is 1. The van der Waals surface area contributed by atoms with Gasteiger partial charge < -0.3 is 15.4 Å². The van der Waals surface area contributed by atoms with E-state index >= 15 is 0 Å². The molecule has 0 saturated carbocycles. The zero-order chi connectivity index (χ0) is 13.1. The number of anilines is 1. The molecule has 0 saturated heterocycles. The van der Waals surface area contributed by atoms with E-state index in [1.54, 1.807) is 33.2 Å². The summed E-state index contributed by atoms with van der Waals surface area (Å²) in [4.78, 5) is 17.4. The molecule has 0 aliphatic carbocycles. The van der Waals surface area contributed by atoms with E-state index < -0.39 is 5.60 Å². The maximum absolute atomic E-state index is 12.1. The van der Waals surface area contributed by atoms with Crippen LogP contribution >= 0.6 is 0 Å². The number of aromatic nitrogens is 1. The summed E-state index contributed by atoms with van der Waals surface area (Å²) >= 11 is 0. The molecule has 0 unspecified atom stereocenters. The smallest absolute Gasteiger partial charge is 0.257 e. The number of hydrogen-bond donors (Lipinski definition) is 3. The SMILES string of the molecule is CN(CC(C)(C)O)C(=O)c1cnccc1NN. The molecule has 0 atom stereocenters. The van der Waals surface area contributed by atoms with Gasteiger partial charge in [0.15, 0.2) is 0 Å². The predicted molar refractivity (Wildman–Crippen MR) is 65.3 cm³/mol. The highest BCUT2D eigenvalue weighted by atomic mass is 16.3. The van der Waals surface area contributed by atoms with E-state index in [0.29, 0.717) is 11.3 Å². The summed E-state index contributed by atoms with van der Waals surface area (Å²) in [6, 6.07) is 1.62. The number of nitrogens with zero attached hydrogens (tertiary/aromatic N) is 2.